The zero-order valence-corrected chi connectivity index (χ0v) is 8.08. The van der Waals surface area contributed by atoms with Gasteiger partial charge in [-0.2, -0.15) is 0 Å². The summed E-state index contributed by atoms with van der Waals surface area (Å²) in [7, 11) is 0. The maximum atomic E-state index is 11.4. The van der Waals surface area contributed by atoms with Crippen LogP contribution >= 0.6 is 0 Å². The molecule has 3 heteroatoms. The first-order valence-electron chi connectivity index (χ1n) is 4.75. The Hall–Kier alpha value is -1.51. The molecule has 1 aromatic rings. The Bertz CT molecular complexity index is 374. The lowest BCUT2D eigenvalue weighted by Gasteiger charge is -2.10. The van der Waals surface area contributed by atoms with E-state index in [1.165, 1.54) is 0 Å². The molecule has 74 valence electrons. The van der Waals surface area contributed by atoms with Crippen LogP contribution in [0.3, 0.4) is 0 Å². The van der Waals surface area contributed by atoms with Crippen LogP contribution in [-0.4, -0.2) is 12.6 Å². The van der Waals surface area contributed by atoms with Gasteiger partial charge in [0.15, 0.2) is 0 Å². The smallest absolute Gasteiger partial charge is 0.334 e. The quantitative estimate of drug-likeness (QED) is 0.674. The van der Waals surface area contributed by atoms with Crippen LogP contribution < -0.4 is 0 Å². The van der Waals surface area contributed by atoms with Crippen molar-refractivity contribution in [2.45, 2.75) is 19.8 Å². The molecule has 0 aliphatic heterocycles. The molecule has 0 amide bonds. The number of rotatable bonds is 2. The van der Waals surface area contributed by atoms with Crippen molar-refractivity contribution >= 4 is 12.0 Å². The van der Waals surface area contributed by atoms with E-state index in [0.717, 1.165) is 24.2 Å². The maximum absolute atomic E-state index is 11.4. The number of fused-ring (bicyclic) bond motifs is 1. The van der Waals surface area contributed by atoms with Crippen molar-refractivity contribution < 1.29 is 13.9 Å². The molecule has 0 aromatic carbocycles. The highest BCUT2D eigenvalue weighted by Gasteiger charge is 2.18. The predicted molar refractivity (Wildman–Crippen MR) is 51.6 cm³/mol. The topological polar surface area (TPSA) is 39.4 Å². The average molecular weight is 192 g/mol. The van der Waals surface area contributed by atoms with Gasteiger partial charge >= 0.3 is 5.97 Å². The number of furan rings is 1. The van der Waals surface area contributed by atoms with Crippen LogP contribution in [0.1, 0.15) is 24.7 Å². The summed E-state index contributed by atoms with van der Waals surface area (Å²) in [5.74, 6) is 0.564. The summed E-state index contributed by atoms with van der Waals surface area (Å²) in [6.45, 7) is 2.22. The van der Waals surface area contributed by atoms with E-state index >= 15 is 0 Å². The number of esters is 1. The summed E-state index contributed by atoms with van der Waals surface area (Å²) in [6.07, 6.45) is 5.02. The Labute approximate surface area is 82.4 Å². The zero-order chi connectivity index (χ0) is 9.97. The van der Waals surface area contributed by atoms with Gasteiger partial charge in [-0.25, -0.2) is 4.79 Å². The second-order valence-electron chi connectivity index (χ2n) is 3.20. The minimum Gasteiger partial charge on any atom is -0.465 e. The molecule has 0 fully saturated rings. The molecule has 0 radical (unpaired) electrons. The third kappa shape index (κ3) is 1.58. The second kappa shape index (κ2) is 3.70. The molecule has 0 N–H and O–H groups in total. The molecule has 1 aromatic heterocycles. The molecule has 0 atom stereocenters. The van der Waals surface area contributed by atoms with Gasteiger partial charge in [-0.1, -0.05) is 0 Å². The van der Waals surface area contributed by atoms with Gasteiger partial charge in [0.2, 0.25) is 0 Å². The highest BCUT2D eigenvalue weighted by molar-refractivity contribution is 5.94. The van der Waals surface area contributed by atoms with Crippen molar-refractivity contribution in [3.63, 3.8) is 0 Å². The van der Waals surface area contributed by atoms with E-state index < -0.39 is 0 Å². The predicted octanol–water partition coefficient (Wildman–Crippen LogP) is 2.17. The van der Waals surface area contributed by atoms with Crippen LogP contribution in [0.5, 0.6) is 0 Å². The summed E-state index contributed by atoms with van der Waals surface area (Å²) in [4.78, 5) is 11.4. The number of carbonyl (C=O) groups is 1. The number of hydrogen-bond donors (Lipinski definition) is 0. The van der Waals surface area contributed by atoms with Crippen molar-refractivity contribution in [3.8, 4) is 0 Å². The highest BCUT2D eigenvalue weighted by Crippen LogP contribution is 2.25. The molecule has 1 heterocycles. The minimum atomic E-state index is -0.227. The van der Waals surface area contributed by atoms with Gasteiger partial charge < -0.3 is 9.15 Å². The SMILES string of the molecule is CCOC(=O)C1=Cc2occc2CC1. The lowest BCUT2D eigenvalue weighted by molar-refractivity contribution is -0.138. The van der Waals surface area contributed by atoms with E-state index in [9.17, 15) is 4.79 Å². The van der Waals surface area contributed by atoms with Gasteiger partial charge in [-0.3, -0.25) is 0 Å². The fourth-order valence-corrected chi connectivity index (χ4v) is 1.57. The average Bonchev–Trinajstić information content (AvgIpc) is 2.64. The van der Waals surface area contributed by atoms with Crippen molar-refractivity contribution in [2.75, 3.05) is 6.61 Å². The Morgan fingerprint density at radius 1 is 1.57 bits per heavy atom. The Morgan fingerprint density at radius 3 is 3.21 bits per heavy atom. The van der Waals surface area contributed by atoms with Gasteiger partial charge in [-0.05, 0) is 37.5 Å². The summed E-state index contributed by atoms with van der Waals surface area (Å²) in [5, 5.41) is 0. The molecule has 1 aliphatic carbocycles. The van der Waals surface area contributed by atoms with E-state index in [1.54, 1.807) is 19.3 Å². The molecule has 3 nitrogen and oxygen atoms in total. The van der Waals surface area contributed by atoms with Crippen LogP contribution in [0.4, 0.5) is 0 Å². The van der Waals surface area contributed by atoms with Gasteiger partial charge in [0.25, 0.3) is 0 Å². The number of hydrogen-bond acceptors (Lipinski definition) is 3. The van der Waals surface area contributed by atoms with Gasteiger partial charge in [0.1, 0.15) is 5.76 Å². The molecule has 1 aliphatic rings. The zero-order valence-electron chi connectivity index (χ0n) is 8.08. The summed E-state index contributed by atoms with van der Waals surface area (Å²) in [6, 6.07) is 1.94. The molecule has 2 rings (SSSR count). The summed E-state index contributed by atoms with van der Waals surface area (Å²) >= 11 is 0. The van der Waals surface area contributed by atoms with Crippen LogP contribution in [-0.2, 0) is 16.0 Å². The Morgan fingerprint density at radius 2 is 2.43 bits per heavy atom. The van der Waals surface area contributed by atoms with E-state index in [-0.39, 0.29) is 5.97 Å². The third-order valence-corrected chi connectivity index (χ3v) is 2.29. The van der Waals surface area contributed by atoms with Crippen LogP contribution in [0.15, 0.2) is 22.3 Å². The van der Waals surface area contributed by atoms with E-state index in [1.807, 2.05) is 6.07 Å². The standard InChI is InChI=1S/C11H12O3/c1-2-13-11(12)9-4-3-8-5-6-14-10(8)7-9/h5-7H,2-4H2,1H3. The highest BCUT2D eigenvalue weighted by atomic mass is 16.5. The summed E-state index contributed by atoms with van der Waals surface area (Å²) < 4.78 is 10.2. The lowest BCUT2D eigenvalue weighted by atomic mass is 9.98. The van der Waals surface area contributed by atoms with E-state index in [2.05, 4.69) is 0 Å². The van der Waals surface area contributed by atoms with Gasteiger partial charge in [0.05, 0.1) is 12.9 Å². The maximum Gasteiger partial charge on any atom is 0.334 e. The van der Waals surface area contributed by atoms with Crippen molar-refractivity contribution in [1.29, 1.82) is 0 Å². The number of carbonyl (C=O) groups excluding carboxylic acids is 1. The Kier molecular flexibility index (Phi) is 2.39. The minimum absolute atomic E-state index is 0.227. The largest absolute Gasteiger partial charge is 0.465 e. The normalized spacial score (nSPS) is 14.5. The van der Waals surface area contributed by atoms with Gasteiger partial charge in [-0.15, -0.1) is 0 Å². The van der Waals surface area contributed by atoms with E-state index in [4.69, 9.17) is 9.15 Å². The molecular weight excluding hydrogens is 180 g/mol. The molecule has 0 unspecified atom stereocenters. The first kappa shape index (κ1) is 9.06. The monoisotopic (exact) mass is 192 g/mol. The van der Waals surface area contributed by atoms with Crippen LogP contribution in [0.25, 0.3) is 6.08 Å². The lowest BCUT2D eigenvalue weighted by Crippen LogP contribution is -2.10. The van der Waals surface area contributed by atoms with Crippen molar-refractivity contribution in [2.24, 2.45) is 0 Å². The van der Waals surface area contributed by atoms with Crippen LogP contribution in [0, 0.1) is 0 Å². The Balaban J connectivity index is 2.20. The van der Waals surface area contributed by atoms with Gasteiger partial charge in [0, 0.05) is 5.57 Å². The fraction of sp³-hybridized carbons (Fsp3) is 0.364. The summed E-state index contributed by atoms with van der Waals surface area (Å²) in [5.41, 5.74) is 1.87. The molecule has 0 saturated carbocycles. The van der Waals surface area contributed by atoms with Crippen molar-refractivity contribution in [3.05, 3.63) is 29.2 Å². The first-order chi connectivity index (χ1) is 6.81. The molecule has 0 saturated heterocycles. The molecule has 14 heavy (non-hydrogen) atoms. The van der Waals surface area contributed by atoms with E-state index in [0.29, 0.717) is 12.2 Å². The number of aryl methyl sites for hydroxylation is 1. The third-order valence-electron chi connectivity index (χ3n) is 2.29. The fourth-order valence-electron chi connectivity index (χ4n) is 1.57. The molecular formula is C11H12O3. The van der Waals surface area contributed by atoms with Crippen molar-refractivity contribution in [1.82, 2.24) is 0 Å². The first-order valence-corrected chi connectivity index (χ1v) is 4.75. The van der Waals surface area contributed by atoms with Crippen LogP contribution in [0.2, 0.25) is 0 Å². The number of ether oxygens (including phenoxy) is 1. The molecule has 0 bridgehead atoms. The molecule has 0 spiro atoms. The second-order valence-corrected chi connectivity index (χ2v) is 3.20.